The molecular formula is C15H11FN3O2-. The van der Waals surface area contributed by atoms with E-state index in [1.807, 2.05) is 6.07 Å². The van der Waals surface area contributed by atoms with Gasteiger partial charge in [-0.2, -0.15) is 10.4 Å². The molecule has 0 N–H and O–H groups in total. The first-order valence-corrected chi connectivity index (χ1v) is 6.19. The van der Waals surface area contributed by atoms with Crippen molar-refractivity contribution in [1.29, 1.82) is 5.26 Å². The van der Waals surface area contributed by atoms with Gasteiger partial charge in [0.15, 0.2) is 0 Å². The number of carbonyl (C=O) groups excluding carboxylic acids is 1. The molecule has 0 aliphatic heterocycles. The molecule has 0 saturated carbocycles. The Balaban J connectivity index is 2.41. The second-order valence-electron chi connectivity index (χ2n) is 4.26. The first-order chi connectivity index (χ1) is 10.1. The molecule has 106 valence electrons. The van der Waals surface area contributed by atoms with E-state index in [1.54, 1.807) is 23.0 Å². The number of nitriles is 1. The Bertz CT molecular complexity index is 712. The number of rotatable bonds is 5. The Hall–Kier alpha value is -2.94. The fourth-order valence-corrected chi connectivity index (χ4v) is 1.83. The van der Waals surface area contributed by atoms with Crippen LogP contribution in [-0.4, -0.2) is 15.7 Å². The lowest BCUT2D eigenvalue weighted by Crippen LogP contribution is -2.18. The van der Waals surface area contributed by atoms with Gasteiger partial charge in [-0.1, -0.05) is 0 Å². The molecule has 2 rings (SSSR count). The van der Waals surface area contributed by atoms with E-state index in [1.165, 1.54) is 18.2 Å². The molecule has 6 heteroatoms. The number of benzene rings is 1. The van der Waals surface area contributed by atoms with Crippen LogP contribution in [0.25, 0.3) is 17.3 Å². The maximum Gasteiger partial charge on any atom is 0.123 e. The van der Waals surface area contributed by atoms with Crippen LogP contribution in [0.4, 0.5) is 4.39 Å². The summed E-state index contributed by atoms with van der Waals surface area (Å²) in [5, 5.41) is 23.4. The van der Waals surface area contributed by atoms with Crippen LogP contribution in [0.3, 0.4) is 0 Å². The number of aromatic nitrogens is 2. The lowest BCUT2D eigenvalue weighted by Gasteiger charge is -1.99. The fourth-order valence-electron chi connectivity index (χ4n) is 1.83. The Labute approximate surface area is 120 Å². The van der Waals surface area contributed by atoms with E-state index in [9.17, 15) is 14.3 Å². The van der Waals surface area contributed by atoms with Crippen LogP contribution in [0.5, 0.6) is 0 Å². The van der Waals surface area contributed by atoms with Crippen molar-refractivity contribution in [3.8, 4) is 17.3 Å². The Kier molecular flexibility index (Phi) is 4.46. The predicted octanol–water partition coefficient (Wildman–Crippen LogP) is 1.37. The minimum absolute atomic E-state index is 0.286. The van der Waals surface area contributed by atoms with Gasteiger partial charge in [-0.15, -0.1) is 0 Å². The number of aryl methyl sites for hydroxylation is 1. The molecule has 1 aromatic heterocycles. The standard InChI is InChI=1S/C15H12FN3O2/c16-13-5-2-11(3-6-13)15-12(4-7-14(20)21)10-19(18-15)9-1-8-17/h2-7,10H,1,9H2,(H,20,21)/p-1/b7-4+. The SMILES string of the molecule is N#CCCn1cc(/C=C/C(=O)[O-])c(-c2ccc(F)cc2)n1. The number of aliphatic carboxylic acids is 1. The van der Waals surface area contributed by atoms with Gasteiger partial charge >= 0.3 is 0 Å². The molecule has 0 fully saturated rings. The predicted molar refractivity (Wildman–Crippen MR) is 71.9 cm³/mol. The third-order valence-electron chi connectivity index (χ3n) is 2.76. The summed E-state index contributed by atoms with van der Waals surface area (Å²) in [5.41, 5.74) is 1.74. The molecule has 0 saturated heterocycles. The third kappa shape index (κ3) is 3.76. The van der Waals surface area contributed by atoms with Crippen LogP contribution in [0.15, 0.2) is 36.5 Å². The van der Waals surface area contributed by atoms with Crippen LogP contribution in [0, 0.1) is 17.1 Å². The van der Waals surface area contributed by atoms with E-state index in [-0.39, 0.29) is 12.2 Å². The summed E-state index contributed by atoms with van der Waals surface area (Å²) in [6, 6.07) is 7.73. The molecule has 5 nitrogen and oxygen atoms in total. The van der Waals surface area contributed by atoms with Crippen molar-refractivity contribution < 1.29 is 14.3 Å². The van der Waals surface area contributed by atoms with Crippen molar-refractivity contribution in [3.63, 3.8) is 0 Å². The van der Waals surface area contributed by atoms with Crippen LogP contribution < -0.4 is 5.11 Å². The van der Waals surface area contributed by atoms with Crippen LogP contribution in [0.2, 0.25) is 0 Å². The highest BCUT2D eigenvalue weighted by Gasteiger charge is 2.09. The average molecular weight is 284 g/mol. The van der Waals surface area contributed by atoms with Gasteiger partial charge in [0.2, 0.25) is 0 Å². The van der Waals surface area contributed by atoms with Crippen molar-refractivity contribution in [1.82, 2.24) is 9.78 Å². The summed E-state index contributed by atoms with van der Waals surface area (Å²) in [7, 11) is 0. The minimum Gasteiger partial charge on any atom is -0.545 e. The van der Waals surface area contributed by atoms with Gasteiger partial charge in [0, 0.05) is 17.3 Å². The lowest BCUT2D eigenvalue weighted by atomic mass is 10.1. The number of halogens is 1. The topological polar surface area (TPSA) is 81.7 Å². The van der Waals surface area contributed by atoms with Gasteiger partial charge < -0.3 is 9.90 Å². The van der Waals surface area contributed by atoms with E-state index in [4.69, 9.17) is 5.26 Å². The minimum atomic E-state index is -1.31. The second kappa shape index (κ2) is 6.48. The molecule has 0 bridgehead atoms. The van der Waals surface area contributed by atoms with Crippen molar-refractivity contribution in [2.75, 3.05) is 0 Å². The molecule has 1 aromatic carbocycles. The maximum atomic E-state index is 13.0. The van der Waals surface area contributed by atoms with Crippen molar-refractivity contribution in [3.05, 3.63) is 47.9 Å². The van der Waals surface area contributed by atoms with E-state index >= 15 is 0 Å². The maximum absolute atomic E-state index is 13.0. The second-order valence-corrected chi connectivity index (χ2v) is 4.26. The summed E-state index contributed by atoms with van der Waals surface area (Å²) in [5.74, 6) is -1.68. The van der Waals surface area contributed by atoms with Gasteiger partial charge in [0.25, 0.3) is 0 Å². The van der Waals surface area contributed by atoms with Crippen molar-refractivity contribution >= 4 is 12.0 Å². The largest absolute Gasteiger partial charge is 0.545 e. The Morgan fingerprint density at radius 2 is 2.14 bits per heavy atom. The number of nitrogens with zero attached hydrogens (tertiary/aromatic N) is 3. The smallest absolute Gasteiger partial charge is 0.123 e. The van der Waals surface area contributed by atoms with E-state index in [2.05, 4.69) is 5.10 Å². The highest BCUT2D eigenvalue weighted by Crippen LogP contribution is 2.23. The molecule has 0 amide bonds. The number of carbonyl (C=O) groups is 1. The molecule has 0 aliphatic rings. The molecule has 21 heavy (non-hydrogen) atoms. The molecule has 0 radical (unpaired) electrons. The molecule has 0 atom stereocenters. The summed E-state index contributed by atoms with van der Waals surface area (Å²) in [6.45, 7) is 0.393. The van der Waals surface area contributed by atoms with Gasteiger partial charge in [0.05, 0.1) is 30.7 Å². The quantitative estimate of drug-likeness (QED) is 0.776. The van der Waals surface area contributed by atoms with Crippen molar-refractivity contribution in [2.45, 2.75) is 13.0 Å². The molecule has 0 unspecified atom stereocenters. The first-order valence-electron chi connectivity index (χ1n) is 6.19. The zero-order valence-corrected chi connectivity index (χ0v) is 11.0. The normalized spacial score (nSPS) is 10.7. The molecule has 0 aliphatic carbocycles. The average Bonchev–Trinajstić information content (AvgIpc) is 2.87. The van der Waals surface area contributed by atoms with E-state index in [0.29, 0.717) is 23.4 Å². The number of carboxylic acids is 1. The van der Waals surface area contributed by atoms with Crippen LogP contribution in [0.1, 0.15) is 12.0 Å². The molecular weight excluding hydrogens is 273 g/mol. The van der Waals surface area contributed by atoms with Gasteiger partial charge in [-0.25, -0.2) is 4.39 Å². The zero-order valence-electron chi connectivity index (χ0n) is 11.0. The number of hydrogen-bond acceptors (Lipinski definition) is 4. The Morgan fingerprint density at radius 1 is 1.43 bits per heavy atom. The van der Waals surface area contributed by atoms with Gasteiger partial charge in [0.1, 0.15) is 5.82 Å². The molecule has 2 aromatic rings. The van der Waals surface area contributed by atoms with Crippen LogP contribution >= 0.6 is 0 Å². The van der Waals surface area contributed by atoms with E-state index < -0.39 is 5.97 Å². The lowest BCUT2D eigenvalue weighted by molar-refractivity contribution is -0.297. The molecule has 1 heterocycles. The highest BCUT2D eigenvalue weighted by atomic mass is 19.1. The first kappa shape index (κ1) is 14.5. The van der Waals surface area contributed by atoms with Crippen LogP contribution in [-0.2, 0) is 11.3 Å². The van der Waals surface area contributed by atoms with Gasteiger partial charge in [-0.3, -0.25) is 4.68 Å². The summed E-state index contributed by atoms with van der Waals surface area (Å²) >= 11 is 0. The third-order valence-corrected chi connectivity index (χ3v) is 2.76. The van der Waals surface area contributed by atoms with Crippen molar-refractivity contribution in [2.24, 2.45) is 0 Å². The fraction of sp³-hybridized carbons (Fsp3) is 0.133. The highest BCUT2D eigenvalue weighted by molar-refractivity contribution is 5.85. The van der Waals surface area contributed by atoms with E-state index in [0.717, 1.165) is 6.08 Å². The molecule has 0 spiro atoms. The summed E-state index contributed by atoms with van der Waals surface area (Å²) in [4.78, 5) is 10.5. The Morgan fingerprint density at radius 3 is 2.76 bits per heavy atom. The summed E-state index contributed by atoms with van der Waals surface area (Å²) < 4.78 is 14.5. The number of carboxylic acid groups (broad SMARTS) is 1. The number of hydrogen-bond donors (Lipinski definition) is 0. The zero-order chi connectivity index (χ0) is 15.2. The monoisotopic (exact) mass is 284 g/mol. The van der Waals surface area contributed by atoms with Gasteiger partial charge in [-0.05, 0) is 36.4 Å². The summed E-state index contributed by atoms with van der Waals surface area (Å²) in [6.07, 6.45) is 4.19.